The molecule has 25 heavy (non-hydrogen) atoms. The van der Waals surface area contributed by atoms with Crippen molar-refractivity contribution in [1.82, 2.24) is 15.0 Å². The molecule has 3 aromatic rings. The van der Waals surface area contributed by atoms with E-state index in [1.165, 1.54) is 18.4 Å². The quantitative estimate of drug-likeness (QED) is 0.719. The molecule has 0 atom stereocenters. The molecule has 0 saturated carbocycles. The number of rotatable bonds is 5. The van der Waals surface area contributed by atoms with E-state index in [9.17, 15) is 8.78 Å². The van der Waals surface area contributed by atoms with Crippen LogP contribution < -0.4 is 10.6 Å². The molecule has 6 nitrogen and oxygen atoms in total. The van der Waals surface area contributed by atoms with Gasteiger partial charge in [-0.15, -0.1) is 0 Å². The average Bonchev–Trinajstić information content (AvgIpc) is 2.91. The van der Waals surface area contributed by atoms with Crippen LogP contribution in [-0.4, -0.2) is 21.0 Å². The minimum atomic E-state index is -0.676. The maximum atomic E-state index is 13.4. The molecule has 0 spiro atoms. The zero-order chi connectivity index (χ0) is 18.0. The van der Waals surface area contributed by atoms with Crippen molar-refractivity contribution in [2.24, 2.45) is 0 Å². The minimum absolute atomic E-state index is 0.140. The zero-order valence-corrected chi connectivity index (χ0v) is 14.0. The summed E-state index contributed by atoms with van der Waals surface area (Å²) >= 11 is 0. The summed E-state index contributed by atoms with van der Waals surface area (Å²) in [4.78, 5) is 13.0. The van der Waals surface area contributed by atoms with Gasteiger partial charge in [0.15, 0.2) is 11.7 Å². The molecule has 0 amide bonds. The average molecular weight is 345 g/mol. The predicted octanol–water partition coefficient (Wildman–Crippen LogP) is 4.28. The number of oxazole rings is 1. The number of nitrogens with zero attached hydrogens (tertiary/aromatic N) is 3. The fourth-order valence-electron chi connectivity index (χ4n) is 2.24. The molecule has 2 heterocycles. The van der Waals surface area contributed by atoms with Crippen LogP contribution in [0.2, 0.25) is 0 Å². The molecule has 0 fully saturated rings. The molecule has 2 aromatic heterocycles. The Kier molecular flexibility index (Phi) is 4.60. The molecule has 0 aliphatic rings. The van der Waals surface area contributed by atoms with E-state index in [4.69, 9.17) is 4.42 Å². The lowest BCUT2D eigenvalue weighted by Crippen LogP contribution is -2.12. The molecule has 0 aliphatic carbocycles. The molecule has 130 valence electrons. The third kappa shape index (κ3) is 4.28. The van der Waals surface area contributed by atoms with E-state index in [-0.39, 0.29) is 11.7 Å². The Labute approximate surface area is 143 Å². The molecule has 0 radical (unpaired) electrons. The van der Waals surface area contributed by atoms with Gasteiger partial charge in [0.05, 0.1) is 0 Å². The van der Waals surface area contributed by atoms with E-state index in [2.05, 4.69) is 25.6 Å². The summed E-state index contributed by atoms with van der Waals surface area (Å²) < 4.78 is 32.0. The van der Waals surface area contributed by atoms with Crippen molar-refractivity contribution >= 4 is 17.3 Å². The van der Waals surface area contributed by atoms with Crippen LogP contribution in [0.4, 0.5) is 26.1 Å². The third-order valence-electron chi connectivity index (χ3n) is 3.15. The van der Waals surface area contributed by atoms with Gasteiger partial charge in [-0.3, -0.25) is 0 Å². The first kappa shape index (κ1) is 16.8. The molecule has 3 rings (SSSR count). The van der Waals surface area contributed by atoms with Gasteiger partial charge in [-0.2, -0.15) is 0 Å². The zero-order valence-electron chi connectivity index (χ0n) is 14.0. The predicted molar refractivity (Wildman–Crippen MR) is 90.7 cm³/mol. The summed E-state index contributed by atoms with van der Waals surface area (Å²) in [6.07, 6.45) is 1.45. The summed E-state index contributed by atoms with van der Waals surface area (Å²) in [7, 11) is 0. The summed E-state index contributed by atoms with van der Waals surface area (Å²) in [6, 6.07) is 4.96. The van der Waals surface area contributed by atoms with E-state index in [0.29, 0.717) is 29.0 Å². The molecule has 0 unspecified atom stereocenters. The molecule has 1 aromatic carbocycles. The largest absolute Gasteiger partial charge is 0.449 e. The normalized spacial score (nSPS) is 11.0. The van der Waals surface area contributed by atoms with Gasteiger partial charge >= 0.3 is 0 Å². The highest BCUT2D eigenvalue weighted by Gasteiger charge is 2.12. The smallest absolute Gasteiger partial charge is 0.191 e. The first-order valence-electron chi connectivity index (χ1n) is 7.70. The molecule has 0 aliphatic heterocycles. The Bertz CT molecular complexity index is 874. The Hall–Kier alpha value is -3.03. The van der Waals surface area contributed by atoms with Gasteiger partial charge in [0.25, 0.3) is 0 Å². The molecular formula is C17H17F2N5O. The second-order valence-corrected chi connectivity index (χ2v) is 5.80. The van der Waals surface area contributed by atoms with Gasteiger partial charge in [0.1, 0.15) is 35.2 Å². The Morgan fingerprint density at radius 1 is 0.960 bits per heavy atom. The first-order valence-corrected chi connectivity index (χ1v) is 7.70. The Morgan fingerprint density at radius 3 is 2.24 bits per heavy atom. The highest BCUT2D eigenvalue weighted by Crippen LogP contribution is 2.23. The number of halogens is 2. The Balaban J connectivity index is 1.99. The number of hydrogen-bond acceptors (Lipinski definition) is 6. The highest BCUT2D eigenvalue weighted by atomic mass is 19.1. The highest BCUT2D eigenvalue weighted by molar-refractivity contribution is 5.63. The van der Waals surface area contributed by atoms with E-state index in [1.54, 1.807) is 13.0 Å². The van der Waals surface area contributed by atoms with Crippen molar-refractivity contribution in [3.05, 3.63) is 48.1 Å². The molecule has 2 N–H and O–H groups in total. The molecule has 0 bridgehead atoms. The monoisotopic (exact) mass is 345 g/mol. The summed E-state index contributed by atoms with van der Waals surface area (Å²) in [5.74, 6) is 0.400. The number of nitrogens with one attached hydrogen (secondary N) is 2. The van der Waals surface area contributed by atoms with Crippen LogP contribution in [0.3, 0.4) is 0 Å². The minimum Gasteiger partial charge on any atom is -0.449 e. The van der Waals surface area contributed by atoms with Gasteiger partial charge < -0.3 is 15.1 Å². The number of aryl methyl sites for hydroxylation is 1. The van der Waals surface area contributed by atoms with Crippen LogP contribution in [0, 0.1) is 18.6 Å². The van der Waals surface area contributed by atoms with Crippen LogP contribution in [-0.2, 0) is 0 Å². The van der Waals surface area contributed by atoms with Gasteiger partial charge in [0, 0.05) is 30.8 Å². The second-order valence-electron chi connectivity index (χ2n) is 5.80. The van der Waals surface area contributed by atoms with Crippen molar-refractivity contribution in [3.8, 4) is 11.5 Å². The van der Waals surface area contributed by atoms with Crippen LogP contribution in [0.15, 0.2) is 34.9 Å². The van der Waals surface area contributed by atoms with E-state index in [0.717, 1.165) is 6.07 Å². The Morgan fingerprint density at radius 2 is 1.64 bits per heavy atom. The van der Waals surface area contributed by atoms with Crippen molar-refractivity contribution in [1.29, 1.82) is 0 Å². The topological polar surface area (TPSA) is 75.9 Å². The lowest BCUT2D eigenvalue weighted by molar-refractivity contribution is 0.521. The maximum absolute atomic E-state index is 13.4. The van der Waals surface area contributed by atoms with Gasteiger partial charge in [-0.25, -0.2) is 23.7 Å². The standard InChI is InChI=1S/C17H17F2N5O/c1-9(2)20-15-7-16(22-13-5-11(18)4-12(19)6-13)24-17(23-15)14-8-25-10(3)21-14/h4-9H,1-3H3,(H2,20,22,23,24). The van der Waals surface area contributed by atoms with Gasteiger partial charge in [-0.05, 0) is 26.0 Å². The van der Waals surface area contributed by atoms with Crippen molar-refractivity contribution in [3.63, 3.8) is 0 Å². The van der Waals surface area contributed by atoms with E-state index >= 15 is 0 Å². The van der Waals surface area contributed by atoms with Crippen molar-refractivity contribution in [2.75, 3.05) is 10.6 Å². The maximum Gasteiger partial charge on any atom is 0.191 e. The van der Waals surface area contributed by atoms with Crippen LogP contribution in [0.1, 0.15) is 19.7 Å². The lowest BCUT2D eigenvalue weighted by Gasteiger charge is -2.12. The third-order valence-corrected chi connectivity index (χ3v) is 3.15. The van der Waals surface area contributed by atoms with Crippen LogP contribution in [0.5, 0.6) is 0 Å². The number of anilines is 3. The van der Waals surface area contributed by atoms with E-state index in [1.807, 2.05) is 13.8 Å². The fourth-order valence-corrected chi connectivity index (χ4v) is 2.24. The van der Waals surface area contributed by atoms with Crippen molar-refractivity contribution in [2.45, 2.75) is 26.8 Å². The molecule has 8 heteroatoms. The lowest BCUT2D eigenvalue weighted by atomic mass is 10.3. The first-order chi connectivity index (χ1) is 11.9. The second kappa shape index (κ2) is 6.84. The van der Waals surface area contributed by atoms with Crippen LogP contribution in [0.25, 0.3) is 11.5 Å². The van der Waals surface area contributed by atoms with Crippen LogP contribution >= 0.6 is 0 Å². The fraction of sp³-hybridized carbons (Fsp3) is 0.235. The van der Waals surface area contributed by atoms with Gasteiger partial charge in [-0.1, -0.05) is 0 Å². The van der Waals surface area contributed by atoms with Crippen molar-refractivity contribution < 1.29 is 13.2 Å². The summed E-state index contributed by atoms with van der Waals surface area (Å²) in [6.45, 7) is 5.66. The molecule has 0 saturated heterocycles. The summed E-state index contributed by atoms with van der Waals surface area (Å²) in [5, 5.41) is 6.06. The number of hydrogen-bond donors (Lipinski definition) is 2. The van der Waals surface area contributed by atoms with E-state index < -0.39 is 11.6 Å². The van der Waals surface area contributed by atoms with Gasteiger partial charge in [0.2, 0.25) is 0 Å². The summed E-state index contributed by atoms with van der Waals surface area (Å²) in [5.41, 5.74) is 0.715. The SMILES string of the molecule is Cc1nc(-c2nc(Nc3cc(F)cc(F)c3)cc(NC(C)C)n2)co1. The number of aromatic nitrogens is 3. The number of benzene rings is 1. The molecular weight excluding hydrogens is 328 g/mol.